The molecular formula is C30H60N2O2. The van der Waals surface area contributed by atoms with Crippen molar-refractivity contribution in [2.45, 2.75) is 148 Å². The average Bonchev–Trinajstić information content (AvgIpc) is 2.78. The van der Waals surface area contributed by atoms with Crippen molar-refractivity contribution in [3.05, 3.63) is 12.2 Å². The van der Waals surface area contributed by atoms with Crippen LogP contribution in [0.15, 0.2) is 12.2 Å². The van der Waals surface area contributed by atoms with Crippen LogP contribution in [0.3, 0.4) is 0 Å². The number of nitrogens with one attached hydrogen (secondary N) is 1. The summed E-state index contributed by atoms with van der Waals surface area (Å²) in [4.78, 5) is 11.6. The minimum absolute atomic E-state index is 0.0270. The van der Waals surface area contributed by atoms with E-state index >= 15 is 0 Å². The maximum Gasteiger partial charge on any atom is 0.144 e. The number of nitrogens with zero attached hydrogens (tertiary/aromatic N) is 1. The third-order valence-electron chi connectivity index (χ3n) is 6.99. The Labute approximate surface area is 213 Å². The fraction of sp³-hybridized carbons (Fsp3) is 0.900. The van der Waals surface area contributed by atoms with Gasteiger partial charge in [-0.2, -0.15) is 0 Å². The number of carbonyl (C=O) groups is 1. The quantitative estimate of drug-likeness (QED) is 0.0890. The number of carbonyl (C=O) groups excluding carboxylic acids is 1. The molecule has 0 heterocycles. The fourth-order valence-electron chi connectivity index (χ4n) is 4.87. The molecule has 0 amide bonds. The van der Waals surface area contributed by atoms with Crippen LogP contribution in [-0.4, -0.2) is 50.2 Å². The van der Waals surface area contributed by atoms with E-state index in [4.69, 9.17) is 0 Å². The number of quaternary nitrogens is 1. The SMILES string of the molecule is CCCCCCCC/C=C\CCCCCCCCCCCCNC(CC)C(C(=O)[O-])[N+](C)(C)C. The van der Waals surface area contributed by atoms with Gasteiger partial charge in [-0.15, -0.1) is 0 Å². The molecular weight excluding hydrogens is 420 g/mol. The molecule has 0 aliphatic carbocycles. The maximum absolute atomic E-state index is 11.6. The number of carboxylic acids is 1. The standard InChI is InChI=1S/C30H60N2O2/c1-6-8-9-10-11-12-13-14-15-16-17-18-19-20-21-22-23-24-25-26-27-31-28(7-2)29(30(33)34)32(3,4)5/h14-15,28-29,31H,6-13,16-27H2,1-5H3/b15-14-. The molecule has 0 radical (unpaired) electrons. The number of hydrogen-bond donors (Lipinski definition) is 1. The highest BCUT2D eigenvalue weighted by Crippen LogP contribution is 2.13. The second-order valence-corrected chi connectivity index (χ2v) is 11.2. The third kappa shape index (κ3) is 19.4. The van der Waals surface area contributed by atoms with Crippen molar-refractivity contribution in [1.29, 1.82) is 0 Å². The number of unbranched alkanes of at least 4 members (excludes halogenated alkanes) is 16. The van der Waals surface area contributed by atoms with Gasteiger partial charge in [0.2, 0.25) is 0 Å². The summed E-state index contributed by atoms with van der Waals surface area (Å²) in [7, 11) is 5.79. The van der Waals surface area contributed by atoms with Gasteiger partial charge in [-0.05, 0) is 45.1 Å². The highest BCUT2D eigenvalue weighted by Gasteiger charge is 2.32. The van der Waals surface area contributed by atoms with Gasteiger partial charge in [0, 0.05) is 0 Å². The van der Waals surface area contributed by atoms with Gasteiger partial charge >= 0.3 is 0 Å². The van der Waals surface area contributed by atoms with Crippen LogP contribution in [0.1, 0.15) is 136 Å². The summed E-state index contributed by atoms with van der Waals surface area (Å²) in [5, 5.41) is 15.1. The Bertz CT molecular complexity index is 485. The lowest BCUT2D eigenvalue weighted by Crippen LogP contribution is -2.63. The third-order valence-corrected chi connectivity index (χ3v) is 6.99. The molecule has 0 aromatic rings. The minimum atomic E-state index is -0.952. The molecule has 0 saturated carbocycles. The number of carboxylic acid groups (broad SMARTS) is 1. The zero-order valence-electron chi connectivity index (χ0n) is 23.7. The summed E-state index contributed by atoms with van der Waals surface area (Å²) in [6.45, 7) is 5.23. The van der Waals surface area contributed by atoms with E-state index in [0.717, 1.165) is 19.4 Å². The van der Waals surface area contributed by atoms with Crippen molar-refractivity contribution in [1.82, 2.24) is 5.32 Å². The van der Waals surface area contributed by atoms with Crippen LogP contribution in [0, 0.1) is 0 Å². The van der Waals surface area contributed by atoms with Crippen molar-refractivity contribution < 1.29 is 14.4 Å². The van der Waals surface area contributed by atoms with E-state index < -0.39 is 12.0 Å². The van der Waals surface area contributed by atoms with Gasteiger partial charge in [0.1, 0.15) is 12.0 Å². The van der Waals surface area contributed by atoms with Gasteiger partial charge < -0.3 is 19.7 Å². The summed E-state index contributed by atoms with van der Waals surface area (Å²) in [6.07, 6.45) is 29.7. The van der Waals surface area contributed by atoms with Gasteiger partial charge in [0.15, 0.2) is 0 Å². The average molecular weight is 481 g/mol. The van der Waals surface area contributed by atoms with Crippen LogP contribution < -0.4 is 10.4 Å². The molecule has 2 unspecified atom stereocenters. The van der Waals surface area contributed by atoms with E-state index in [9.17, 15) is 9.90 Å². The van der Waals surface area contributed by atoms with Crippen molar-refractivity contribution in [2.24, 2.45) is 0 Å². The van der Waals surface area contributed by atoms with Crippen LogP contribution in [0.5, 0.6) is 0 Å². The zero-order chi connectivity index (χ0) is 25.5. The Balaban J connectivity index is 3.48. The van der Waals surface area contributed by atoms with Gasteiger partial charge in [-0.1, -0.05) is 109 Å². The molecule has 4 heteroatoms. The molecule has 0 saturated heterocycles. The summed E-state index contributed by atoms with van der Waals surface area (Å²) >= 11 is 0. The number of aliphatic carboxylic acids is 1. The maximum atomic E-state index is 11.6. The van der Waals surface area contributed by atoms with Crippen LogP contribution in [0.2, 0.25) is 0 Å². The summed E-state index contributed by atoms with van der Waals surface area (Å²) in [5.74, 6) is -0.952. The molecule has 4 nitrogen and oxygen atoms in total. The van der Waals surface area contributed by atoms with Crippen molar-refractivity contribution in [3.8, 4) is 0 Å². The molecule has 34 heavy (non-hydrogen) atoms. The Morgan fingerprint density at radius 3 is 1.50 bits per heavy atom. The lowest BCUT2D eigenvalue weighted by Gasteiger charge is -2.39. The second kappa shape index (κ2) is 22.6. The van der Waals surface area contributed by atoms with E-state index in [1.165, 1.54) is 109 Å². The van der Waals surface area contributed by atoms with Gasteiger partial charge in [-0.25, -0.2) is 0 Å². The van der Waals surface area contributed by atoms with Crippen LogP contribution >= 0.6 is 0 Å². The summed E-state index contributed by atoms with van der Waals surface area (Å²) in [6, 6.07) is -0.535. The van der Waals surface area contributed by atoms with E-state index in [2.05, 4.69) is 31.3 Å². The smallest absolute Gasteiger partial charge is 0.144 e. The van der Waals surface area contributed by atoms with E-state index in [-0.39, 0.29) is 6.04 Å². The minimum Gasteiger partial charge on any atom is -0.544 e. The molecule has 0 fully saturated rings. The predicted molar refractivity (Wildman–Crippen MR) is 147 cm³/mol. The molecule has 0 aromatic heterocycles. The molecule has 2 atom stereocenters. The Morgan fingerprint density at radius 1 is 0.706 bits per heavy atom. The molecule has 0 aromatic carbocycles. The number of hydrogen-bond acceptors (Lipinski definition) is 3. The topological polar surface area (TPSA) is 52.2 Å². The highest BCUT2D eigenvalue weighted by atomic mass is 16.4. The molecule has 202 valence electrons. The highest BCUT2D eigenvalue weighted by molar-refractivity contribution is 5.70. The van der Waals surface area contributed by atoms with Gasteiger partial charge in [0.25, 0.3) is 0 Å². The van der Waals surface area contributed by atoms with Crippen molar-refractivity contribution in [3.63, 3.8) is 0 Å². The number of allylic oxidation sites excluding steroid dienone is 2. The van der Waals surface area contributed by atoms with Gasteiger partial charge in [0.05, 0.1) is 27.2 Å². The first-order valence-corrected chi connectivity index (χ1v) is 14.7. The largest absolute Gasteiger partial charge is 0.544 e. The van der Waals surface area contributed by atoms with Crippen LogP contribution in [0.4, 0.5) is 0 Å². The van der Waals surface area contributed by atoms with Crippen LogP contribution in [0.25, 0.3) is 0 Å². The predicted octanol–water partition coefficient (Wildman–Crippen LogP) is 6.78. The molecule has 0 aliphatic heterocycles. The second-order valence-electron chi connectivity index (χ2n) is 11.2. The van der Waals surface area contributed by atoms with Crippen molar-refractivity contribution in [2.75, 3.05) is 27.7 Å². The monoisotopic (exact) mass is 480 g/mol. The molecule has 0 rings (SSSR count). The van der Waals surface area contributed by atoms with E-state index in [0.29, 0.717) is 4.48 Å². The first kappa shape index (κ1) is 33.1. The lowest BCUT2D eigenvalue weighted by atomic mass is 10.0. The fourth-order valence-corrected chi connectivity index (χ4v) is 4.87. The Morgan fingerprint density at radius 2 is 1.12 bits per heavy atom. The summed E-state index contributed by atoms with van der Waals surface area (Å²) < 4.78 is 0.393. The first-order chi connectivity index (χ1) is 16.3. The van der Waals surface area contributed by atoms with E-state index in [1.54, 1.807) is 0 Å². The molecule has 1 N–H and O–H groups in total. The van der Waals surface area contributed by atoms with Crippen molar-refractivity contribution >= 4 is 5.97 Å². The van der Waals surface area contributed by atoms with Gasteiger partial charge in [-0.3, -0.25) is 0 Å². The normalized spacial score (nSPS) is 14.0. The molecule has 0 aliphatic rings. The van der Waals surface area contributed by atoms with Crippen LogP contribution in [-0.2, 0) is 4.79 Å². The van der Waals surface area contributed by atoms with E-state index in [1.807, 2.05) is 21.1 Å². The zero-order valence-corrected chi connectivity index (χ0v) is 23.7. The molecule has 0 spiro atoms. The number of likely N-dealkylation sites (N-methyl/N-ethyl adjacent to an activating group) is 1. The summed E-state index contributed by atoms with van der Waals surface area (Å²) in [5.41, 5.74) is 0. The molecule has 0 bridgehead atoms. The lowest BCUT2D eigenvalue weighted by molar-refractivity contribution is -0.890. The first-order valence-electron chi connectivity index (χ1n) is 14.7. The Kier molecular flexibility index (Phi) is 22.0. The Hall–Kier alpha value is -0.870. The number of rotatable bonds is 25.